The molecule has 0 fully saturated rings. The van der Waals surface area contributed by atoms with Gasteiger partial charge in [-0.25, -0.2) is 13.1 Å². The Hall–Kier alpha value is -2.44. The lowest BCUT2D eigenvalue weighted by molar-refractivity contribution is 0.402. The minimum atomic E-state index is -3.68. The summed E-state index contributed by atoms with van der Waals surface area (Å²) >= 11 is 0. The number of sulfonamides is 1. The Morgan fingerprint density at radius 3 is 2.71 bits per heavy atom. The number of aryl methyl sites for hydroxylation is 1. The van der Waals surface area contributed by atoms with Gasteiger partial charge in [-0.2, -0.15) is 0 Å². The summed E-state index contributed by atoms with van der Waals surface area (Å²) < 4.78 is 33.0. The van der Waals surface area contributed by atoms with Gasteiger partial charge in [-0.1, -0.05) is 24.3 Å². The summed E-state index contributed by atoms with van der Waals surface area (Å²) in [4.78, 5) is 4.48. The highest BCUT2D eigenvalue weighted by Gasteiger charge is 2.19. The predicted molar refractivity (Wildman–Crippen MR) is 93.5 cm³/mol. The van der Waals surface area contributed by atoms with Gasteiger partial charge in [0.05, 0.1) is 12.6 Å². The first-order valence-electron chi connectivity index (χ1n) is 7.47. The molecule has 0 atom stereocenters. The van der Waals surface area contributed by atoms with Gasteiger partial charge in [0.2, 0.25) is 10.0 Å². The average molecular weight is 342 g/mol. The molecule has 3 rings (SSSR count). The normalized spacial score (nSPS) is 11.6. The third-order valence-electron chi connectivity index (χ3n) is 3.72. The van der Waals surface area contributed by atoms with E-state index in [0.717, 1.165) is 22.0 Å². The minimum absolute atomic E-state index is 0.138. The quantitative estimate of drug-likeness (QED) is 0.774. The van der Waals surface area contributed by atoms with Gasteiger partial charge < -0.3 is 4.74 Å². The monoisotopic (exact) mass is 342 g/mol. The number of aromatic nitrogens is 1. The second kappa shape index (κ2) is 6.59. The Morgan fingerprint density at radius 2 is 1.92 bits per heavy atom. The number of hydrogen-bond donors (Lipinski definition) is 1. The molecule has 0 radical (unpaired) electrons. The van der Waals surface area contributed by atoms with Crippen LogP contribution in [0.25, 0.3) is 10.9 Å². The van der Waals surface area contributed by atoms with Crippen molar-refractivity contribution in [3.63, 3.8) is 0 Å². The standard InChI is InChI=1S/C18H18N2O3S/c1-13-7-8-17(23-2)18(9-13)24(21,22)20-12-14-10-15-5-3-4-6-16(15)19-11-14/h3-11,20H,12H2,1-2H3. The molecule has 124 valence electrons. The van der Waals surface area contributed by atoms with Gasteiger partial charge in [0.25, 0.3) is 0 Å². The van der Waals surface area contributed by atoms with Crippen molar-refractivity contribution in [2.75, 3.05) is 7.11 Å². The first-order chi connectivity index (χ1) is 11.5. The number of fused-ring (bicyclic) bond motifs is 1. The molecule has 2 aromatic carbocycles. The second-order valence-corrected chi connectivity index (χ2v) is 7.25. The minimum Gasteiger partial charge on any atom is -0.495 e. The van der Waals surface area contributed by atoms with Gasteiger partial charge in [0.1, 0.15) is 10.6 Å². The van der Waals surface area contributed by atoms with E-state index in [2.05, 4.69) is 9.71 Å². The van der Waals surface area contributed by atoms with Gasteiger partial charge in [-0.15, -0.1) is 0 Å². The van der Waals surface area contributed by atoms with Crippen LogP contribution >= 0.6 is 0 Å². The summed E-state index contributed by atoms with van der Waals surface area (Å²) in [6, 6.07) is 14.7. The van der Waals surface area contributed by atoms with Crippen molar-refractivity contribution in [1.82, 2.24) is 9.71 Å². The Bertz CT molecular complexity index is 984. The number of pyridine rings is 1. The van der Waals surface area contributed by atoms with Crippen molar-refractivity contribution < 1.29 is 13.2 Å². The number of para-hydroxylation sites is 1. The molecular weight excluding hydrogens is 324 g/mol. The highest BCUT2D eigenvalue weighted by Crippen LogP contribution is 2.24. The fourth-order valence-corrected chi connectivity index (χ4v) is 3.73. The van der Waals surface area contributed by atoms with E-state index in [4.69, 9.17) is 4.74 Å². The molecule has 3 aromatic rings. The fourth-order valence-electron chi connectivity index (χ4n) is 2.46. The van der Waals surface area contributed by atoms with Crippen molar-refractivity contribution in [2.24, 2.45) is 0 Å². The van der Waals surface area contributed by atoms with E-state index < -0.39 is 10.0 Å². The molecule has 0 aliphatic carbocycles. The molecule has 0 saturated carbocycles. The summed E-state index contributed by atoms with van der Waals surface area (Å²) in [5, 5.41) is 0.974. The summed E-state index contributed by atoms with van der Waals surface area (Å²) in [6.45, 7) is 2.00. The molecule has 0 bridgehead atoms. The fraction of sp³-hybridized carbons (Fsp3) is 0.167. The lowest BCUT2D eigenvalue weighted by Crippen LogP contribution is -2.24. The Balaban J connectivity index is 1.85. The topological polar surface area (TPSA) is 68.3 Å². The van der Waals surface area contributed by atoms with Crippen LogP contribution in [0.1, 0.15) is 11.1 Å². The molecule has 24 heavy (non-hydrogen) atoms. The van der Waals surface area contributed by atoms with Crippen LogP contribution in [0.4, 0.5) is 0 Å². The largest absolute Gasteiger partial charge is 0.495 e. The number of nitrogens with one attached hydrogen (secondary N) is 1. The maximum atomic E-state index is 12.6. The zero-order chi connectivity index (χ0) is 17.2. The summed E-state index contributed by atoms with van der Waals surface area (Å²) in [5.74, 6) is 0.324. The summed E-state index contributed by atoms with van der Waals surface area (Å²) in [7, 11) is -2.22. The number of benzene rings is 2. The zero-order valence-corrected chi connectivity index (χ0v) is 14.3. The van der Waals surface area contributed by atoms with E-state index in [1.807, 2.05) is 43.3 Å². The van der Waals surface area contributed by atoms with Gasteiger partial charge >= 0.3 is 0 Å². The van der Waals surface area contributed by atoms with Crippen LogP contribution in [-0.4, -0.2) is 20.5 Å². The highest BCUT2D eigenvalue weighted by atomic mass is 32.2. The maximum Gasteiger partial charge on any atom is 0.244 e. The molecule has 1 N–H and O–H groups in total. The molecule has 1 heterocycles. The molecule has 0 aliphatic heterocycles. The zero-order valence-electron chi connectivity index (χ0n) is 13.5. The molecule has 6 heteroatoms. The first-order valence-corrected chi connectivity index (χ1v) is 8.96. The SMILES string of the molecule is COc1ccc(C)cc1S(=O)(=O)NCc1cnc2ccccc2c1. The molecular formula is C18H18N2O3S. The third-order valence-corrected chi connectivity index (χ3v) is 5.14. The molecule has 0 spiro atoms. The van der Waals surface area contributed by atoms with E-state index in [1.54, 1.807) is 18.3 Å². The van der Waals surface area contributed by atoms with Crippen LogP contribution in [0.3, 0.4) is 0 Å². The molecule has 0 aliphatic rings. The van der Waals surface area contributed by atoms with Crippen LogP contribution in [0.15, 0.2) is 59.6 Å². The van der Waals surface area contributed by atoms with Crippen LogP contribution in [0.2, 0.25) is 0 Å². The Morgan fingerprint density at radius 1 is 1.12 bits per heavy atom. The first kappa shape index (κ1) is 16.4. The second-order valence-electron chi connectivity index (χ2n) is 5.52. The van der Waals surface area contributed by atoms with Crippen molar-refractivity contribution in [1.29, 1.82) is 0 Å². The number of methoxy groups -OCH3 is 1. The van der Waals surface area contributed by atoms with E-state index in [9.17, 15) is 8.42 Å². The number of hydrogen-bond acceptors (Lipinski definition) is 4. The maximum absolute atomic E-state index is 12.6. The van der Waals surface area contributed by atoms with Crippen LogP contribution in [0, 0.1) is 6.92 Å². The van der Waals surface area contributed by atoms with Crippen molar-refractivity contribution >= 4 is 20.9 Å². The van der Waals surface area contributed by atoms with Crippen LogP contribution < -0.4 is 9.46 Å². The van der Waals surface area contributed by atoms with E-state index in [-0.39, 0.29) is 11.4 Å². The molecule has 0 saturated heterocycles. The van der Waals surface area contributed by atoms with Gasteiger partial charge in [-0.05, 0) is 42.3 Å². The van der Waals surface area contributed by atoms with Gasteiger partial charge in [0.15, 0.2) is 0 Å². The van der Waals surface area contributed by atoms with E-state index in [1.165, 1.54) is 7.11 Å². The Labute approximate surface area is 141 Å². The lowest BCUT2D eigenvalue weighted by Gasteiger charge is -2.11. The van der Waals surface area contributed by atoms with Crippen LogP contribution in [-0.2, 0) is 16.6 Å². The van der Waals surface area contributed by atoms with E-state index >= 15 is 0 Å². The third kappa shape index (κ3) is 3.39. The lowest BCUT2D eigenvalue weighted by atomic mass is 10.2. The number of ether oxygens (including phenoxy) is 1. The molecule has 1 aromatic heterocycles. The molecule has 0 unspecified atom stereocenters. The van der Waals surface area contributed by atoms with Crippen molar-refractivity contribution in [3.8, 4) is 5.75 Å². The highest BCUT2D eigenvalue weighted by molar-refractivity contribution is 7.89. The summed E-state index contributed by atoms with van der Waals surface area (Å²) in [6.07, 6.45) is 1.68. The van der Waals surface area contributed by atoms with Gasteiger partial charge in [-0.3, -0.25) is 4.98 Å². The van der Waals surface area contributed by atoms with Crippen molar-refractivity contribution in [2.45, 2.75) is 18.4 Å². The van der Waals surface area contributed by atoms with E-state index in [0.29, 0.717) is 5.75 Å². The Kier molecular flexibility index (Phi) is 4.51. The smallest absolute Gasteiger partial charge is 0.244 e. The predicted octanol–water partition coefficient (Wildman–Crippen LogP) is 3.03. The molecule has 0 amide bonds. The number of rotatable bonds is 5. The molecule has 5 nitrogen and oxygen atoms in total. The van der Waals surface area contributed by atoms with Crippen LogP contribution in [0.5, 0.6) is 5.75 Å². The average Bonchev–Trinajstić information content (AvgIpc) is 2.60. The van der Waals surface area contributed by atoms with Gasteiger partial charge in [0, 0.05) is 18.1 Å². The van der Waals surface area contributed by atoms with Crippen molar-refractivity contribution in [3.05, 3.63) is 65.9 Å². The number of nitrogens with zero attached hydrogens (tertiary/aromatic N) is 1. The summed E-state index contributed by atoms with van der Waals surface area (Å²) in [5.41, 5.74) is 2.52.